The summed E-state index contributed by atoms with van der Waals surface area (Å²) in [4.78, 5) is 14.4. The lowest BCUT2D eigenvalue weighted by Crippen LogP contribution is -2.46. The quantitative estimate of drug-likeness (QED) is 0.552. The third-order valence-corrected chi connectivity index (χ3v) is 4.60. The fourth-order valence-electron chi connectivity index (χ4n) is 3.20. The Morgan fingerprint density at radius 3 is 2.71 bits per heavy atom. The molecule has 21 heavy (non-hydrogen) atoms. The van der Waals surface area contributed by atoms with Crippen LogP contribution in [0.5, 0.6) is 0 Å². The molecule has 1 aliphatic heterocycles. The lowest BCUT2D eigenvalue weighted by Gasteiger charge is -2.29. The molecule has 0 saturated carbocycles. The standard InChI is InChI=1S/C17H34N2O2/c1-4-15-11-7-6-9-13-19(15)14-10-8-12-17(3,18)16(20)21-5-2/h15H,4-14,18H2,1-3H3. The van der Waals surface area contributed by atoms with Crippen molar-refractivity contribution in [2.45, 2.75) is 83.7 Å². The van der Waals surface area contributed by atoms with Gasteiger partial charge in [-0.2, -0.15) is 0 Å². The van der Waals surface area contributed by atoms with Crippen LogP contribution in [0.1, 0.15) is 72.1 Å². The Morgan fingerprint density at radius 2 is 2.05 bits per heavy atom. The highest BCUT2D eigenvalue weighted by atomic mass is 16.5. The first kappa shape index (κ1) is 18.4. The number of esters is 1. The second-order valence-corrected chi connectivity index (χ2v) is 6.54. The van der Waals surface area contributed by atoms with Gasteiger partial charge in [0.2, 0.25) is 0 Å². The fraction of sp³-hybridized carbons (Fsp3) is 0.941. The first-order valence-electron chi connectivity index (χ1n) is 8.71. The SMILES string of the molecule is CCOC(=O)C(C)(N)CCCCN1CCCCCC1CC. The smallest absolute Gasteiger partial charge is 0.325 e. The second-order valence-electron chi connectivity index (χ2n) is 6.54. The van der Waals surface area contributed by atoms with Crippen molar-refractivity contribution in [1.29, 1.82) is 0 Å². The van der Waals surface area contributed by atoms with Gasteiger partial charge in [0.15, 0.2) is 0 Å². The van der Waals surface area contributed by atoms with Crippen molar-refractivity contribution >= 4 is 5.97 Å². The molecule has 2 N–H and O–H groups in total. The van der Waals surface area contributed by atoms with Gasteiger partial charge >= 0.3 is 5.97 Å². The first-order chi connectivity index (χ1) is 10.0. The lowest BCUT2D eigenvalue weighted by molar-refractivity contribution is -0.149. The van der Waals surface area contributed by atoms with Gasteiger partial charge in [0.1, 0.15) is 5.54 Å². The average molecular weight is 298 g/mol. The summed E-state index contributed by atoms with van der Waals surface area (Å²) in [7, 11) is 0. The highest BCUT2D eigenvalue weighted by Gasteiger charge is 2.29. The van der Waals surface area contributed by atoms with Crippen molar-refractivity contribution in [3.63, 3.8) is 0 Å². The highest BCUT2D eigenvalue weighted by molar-refractivity contribution is 5.79. The van der Waals surface area contributed by atoms with E-state index < -0.39 is 5.54 Å². The zero-order valence-electron chi connectivity index (χ0n) is 14.2. The van der Waals surface area contributed by atoms with E-state index in [1.54, 1.807) is 6.92 Å². The topological polar surface area (TPSA) is 55.6 Å². The molecule has 1 heterocycles. The van der Waals surface area contributed by atoms with E-state index in [1.807, 2.05) is 6.92 Å². The van der Waals surface area contributed by atoms with Gasteiger partial charge in [0.05, 0.1) is 6.61 Å². The number of hydrogen-bond donors (Lipinski definition) is 1. The minimum Gasteiger partial charge on any atom is -0.465 e. The monoisotopic (exact) mass is 298 g/mol. The predicted molar refractivity (Wildman–Crippen MR) is 87.2 cm³/mol. The maximum atomic E-state index is 11.7. The van der Waals surface area contributed by atoms with Gasteiger partial charge in [-0.25, -0.2) is 0 Å². The molecule has 0 aromatic heterocycles. The minimum absolute atomic E-state index is 0.272. The molecule has 4 nitrogen and oxygen atoms in total. The molecule has 2 atom stereocenters. The molecule has 0 aromatic rings. The zero-order chi connectivity index (χ0) is 15.7. The maximum Gasteiger partial charge on any atom is 0.325 e. The number of hydrogen-bond acceptors (Lipinski definition) is 4. The van der Waals surface area contributed by atoms with Crippen LogP contribution in [0.15, 0.2) is 0 Å². The highest BCUT2D eigenvalue weighted by Crippen LogP contribution is 2.20. The Hall–Kier alpha value is -0.610. The van der Waals surface area contributed by atoms with Crippen LogP contribution >= 0.6 is 0 Å². The molecule has 0 amide bonds. The van der Waals surface area contributed by atoms with Crippen molar-refractivity contribution in [3.05, 3.63) is 0 Å². The van der Waals surface area contributed by atoms with Crippen molar-refractivity contribution in [3.8, 4) is 0 Å². The minimum atomic E-state index is -0.834. The predicted octanol–water partition coefficient (Wildman–Crippen LogP) is 3.09. The van der Waals surface area contributed by atoms with E-state index in [2.05, 4.69) is 11.8 Å². The summed E-state index contributed by atoms with van der Waals surface area (Å²) < 4.78 is 5.03. The molecule has 1 fully saturated rings. The third-order valence-electron chi connectivity index (χ3n) is 4.60. The van der Waals surface area contributed by atoms with Crippen molar-refractivity contribution < 1.29 is 9.53 Å². The van der Waals surface area contributed by atoms with Gasteiger partial charge in [-0.3, -0.25) is 4.79 Å². The summed E-state index contributed by atoms with van der Waals surface area (Å²) in [5.41, 5.74) is 5.22. The summed E-state index contributed by atoms with van der Waals surface area (Å²) in [6.07, 6.45) is 9.46. The number of ether oxygens (including phenoxy) is 1. The van der Waals surface area contributed by atoms with E-state index in [1.165, 1.54) is 38.6 Å². The molecule has 2 unspecified atom stereocenters. The summed E-state index contributed by atoms with van der Waals surface area (Å²) in [5.74, 6) is -0.272. The van der Waals surface area contributed by atoms with Gasteiger partial charge in [0, 0.05) is 6.04 Å². The van der Waals surface area contributed by atoms with E-state index in [-0.39, 0.29) is 5.97 Å². The van der Waals surface area contributed by atoms with Gasteiger partial charge in [-0.1, -0.05) is 19.8 Å². The Morgan fingerprint density at radius 1 is 1.29 bits per heavy atom. The van der Waals surface area contributed by atoms with Crippen LogP contribution in [0.25, 0.3) is 0 Å². The van der Waals surface area contributed by atoms with Crippen molar-refractivity contribution in [2.24, 2.45) is 5.73 Å². The van der Waals surface area contributed by atoms with E-state index in [0.717, 1.165) is 25.4 Å². The molecular weight excluding hydrogens is 264 g/mol. The molecule has 1 aliphatic rings. The summed E-state index contributed by atoms with van der Waals surface area (Å²) in [5, 5.41) is 0. The number of rotatable bonds is 8. The van der Waals surface area contributed by atoms with Crippen LogP contribution in [0.4, 0.5) is 0 Å². The van der Waals surface area contributed by atoms with Gasteiger partial charge in [-0.05, 0) is 65.5 Å². The molecular formula is C17H34N2O2. The number of likely N-dealkylation sites (tertiary alicyclic amines) is 1. The number of nitrogens with two attached hydrogens (primary N) is 1. The number of carbonyl (C=O) groups excluding carboxylic acids is 1. The molecule has 1 saturated heterocycles. The molecule has 0 aromatic carbocycles. The fourth-order valence-corrected chi connectivity index (χ4v) is 3.20. The normalized spacial score (nSPS) is 23.3. The first-order valence-corrected chi connectivity index (χ1v) is 8.71. The largest absolute Gasteiger partial charge is 0.465 e. The summed E-state index contributed by atoms with van der Waals surface area (Å²) >= 11 is 0. The van der Waals surface area contributed by atoms with E-state index in [9.17, 15) is 4.79 Å². The van der Waals surface area contributed by atoms with Crippen LogP contribution in [0, 0.1) is 0 Å². The van der Waals surface area contributed by atoms with Crippen LogP contribution in [-0.2, 0) is 9.53 Å². The Balaban J connectivity index is 2.30. The van der Waals surface area contributed by atoms with Crippen LogP contribution < -0.4 is 5.73 Å². The molecule has 4 heteroatoms. The van der Waals surface area contributed by atoms with Gasteiger partial charge in [0.25, 0.3) is 0 Å². The third kappa shape index (κ3) is 6.35. The number of nitrogens with zero attached hydrogens (tertiary/aromatic N) is 1. The second kappa shape index (κ2) is 9.42. The molecule has 1 rings (SSSR count). The summed E-state index contributed by atoms with van der Waals surface area (Å²) in [6, 6.07) is 0.752. The van der Waals surface area contributed by atoms with E-state index in [4.69, 9.17) is 10.5 Å². The number of unbranched alkanes of at least 4 members (excludes halogenated alkanes) is 1. The van der Waals surface area contributed by atoms with Crippen LogP contribution in [-0.4, -0.2) is 42.1 Å². The van der Waals surface area contributed by atoms with E-state index >= 15 is 0 Å². The van der Waals surface area contributed by atoms with Crippen LogP contribution in [0.3, 0.4) is 0 Å². The Labute approximate surface area is 130 Å². The molecule has 124 valence electrons. The molecule has 0 aliphatic carbocycles. The molecule has 0 radical (unpaired) electrons. The summed E-state index contributed by atoms with van der Waals surface area (Å²) in [6.45, 7) is 8.66. The zero-order valence-corrected chi connectivity index (χ0v) is 14.2. The molecule has 0 bridgehead atoms. The van der Waals surface area contributed by atoms with Gasteiger partial charge in [-0.15, -0.1) is 0 Å². The Kier molecular flexibility index (Phi) is 8.27. The van der Waals surface area contributed by atoms with Crippen LogP contribution in [0.2, 0.25) is 0 Å². The maximum absolute atomic E-state index is 11.7. The lowest BCUT2D eigenvalue weighted by atomic mass is 9.96. The molecule has 0 spiro atoms. The number of carbonyl (C=O) groups is 1. The Bertz CT molecular complexity index is 305. The van der Waals surface area contributed by atoms with Gasteiger partial charge < -0.3 is 15.4 Å². The van der Waals surface area contributed by atoms with Crippen molar-refractivity contribution in [2.75, 3.05) is 19.7 Å². The van der Waals surface area contributed by atoms with E-state index in [0.29, 0.717) is 13.0 Å². The average Bonchev–Trinajstić information content (AvgIpc) is 2.68. The van der Waals surface area contributed by atoms with Crippen molar-refractivity contribution in [1.82, 2.24) is 4.90 Å².